The molecule has 2 fully saturated rings. The Hall–Kier alpha value is -2.66. The van der Waals surface area contributed by atoms with Gasteiger partial charge in [-0.3, -0.25) is 9.59 Å². The molecule has 2 aliphatic rings. The van der Waals surface area contributed by atoms with Crippen LogP contribution in [0.1, 0.15) is 36.5 Å². The van der Waals surface area contributed by atoms with Gasteiger partial charge in [0.25, 0.3) is 0 Å². The second kappa shape index (κ2) is 7.40. The molecule has 2 amide bonds. The maximum Gasteiger partial charge on any atom is 0.343 e. The largest absolute Gasteiger partial charge is 0.421 e. The molecule has 0 radical (unpaired) electrons. The number of anilines is 1. The highest BCUT2D eigenvalue weighted by Crippen LogP contribution is 2.44. The highest BCUT2D eigenvalue weighted by molar-refractivity contribution is 6.30. The fourth-order valence-electron chi connectivity index (χ4n) is 4.10. The summed E-state index contributed by atoms with van der Waals surface area (Å²) in [5, 5.41) is 0.516. The minimum Gasteiger partial charge on any atom is -0.421 e. The Morgan fingerprint density at radius 1 is 1.00 bits per heavy atom. The van der Waals surface area contributed by atoms with Crippen molar-refractivity contribution >= 4 is 35.1 Å². The number of esters is 1. The van der Waals surface area contributed by atoms with Gasteiger partial charge in [-0.05, 0) is 61.6 Å². The van der Waals surface area contributed by atoms with E-state index in [9.17, 15) is 14.4 Å². The Kier molecular flexibility index (Phi) is 4.94. The highest BCUT2D eigenvalue weighted by Gasteiger charge is 2.50. The molecule has 1 aliphatic heterocycles. The molecule has 144 valence electrons. The topological polar surface area (TPSA) is 63.7 Å². The summed E-state index contributed by atoms with van der Waals surface area (Å²) in [6.45, 7) is 2.11. The average Bonchev–Trinajstić information content (AvgIpc) is 2.93. The molecule has 1 saturated heterocycles. The second-order valence-corrected chi connectivity index (χ2v) is 7.94. The van der Waals surface area contributed by atoms with Gasteiger partial charge >= 0.3 is 5.97 Å². The molecule has 0 unspecified atom stereocenters. The van der Waals surface area contributed by atoms with E-state index in [-0.39, 0.29) is 29.4 Å². The number of rotatable bonds is 3. The SMILES string of the molecule is C[C@@H]1CC[C@H]2C(=O)N(c3ccccc3OC(=O)c3ccc(Cl)cc3)C(=O)[C@@H]2C1. The molecule has 3 atom stereocenters. The number of para-hydroxylation sites is 2. The summed E-state index contributed by atoms with van der Waals surface area (Å²) < 4.78 is 5.53. The summed E-state index contributed by atoms with van der Waals surface area (Å²) in [4.78, 5) is 39.6. The first-order valence-corrected chi connectivity index (χ1v) is 9.78. The van der Waals surface area contributed by atoms with Crippen LogP contribution in [0.4, 0.5) is 5.69 Å². The summed E-state index contributed by atoms with van der Waals surface area (Å²) in [5.74, 6) is -0.908. The Morgan fingerprint density at radius 2 is 1.68 bits per heavy atom. The van der Waals surface area contributed by atoms with E-state index in [1.165, 1.54) is 4.90 Å². The van der Waals surface area contributed by atoms with Crippen LogP contribution in [0.25, 0.3) is 0 Å². The van der Waals surface area contributed by atoms with Crippen molar-refractivity contribution < 1.29 is 19.1 Å². The molecule has 2 aromatic carbocycles. The van der Waals surface area contributed by atoms with E-state index in [2.05, 4.69) is 6.92 Å². The van der Waals surface area contributed by atoms with Crippen molar-refractivity contribution in [3.8, 4) is 5.75 Å². The molecule has 0 bridgehead atoms. The zero-order chi connectivity index (χ0) is 19.8. The lowest BCUT2D eigenvalue weighted by Crippen LogP contribution is -2.31. The molecule has 0 spiro atoms. The molecule has 2 aromatic rings. The number of benzene rings is 2. The fraction of sp³-hybridized carbons (Fsp3) is 0.318. The number of halogens is 1. The molecule has 5 nitrogen and oxygen atoms in total. The third-order valence-electron chi connectivity index (χ3n) is 5.58. The molecule has 1 aliphatic carbocycles. The number of ether oxygens (including phenoxy) is 1. The number of fused-ring (bicyclic) bond motifs is 1. The third-order valence-corrected chi connectivity index (χ3v) is 5.83. The fourth-order valence-corrected chi connectivity index (χ4v) is 4.23. The molecule has 1 saturated carbocycles. The van der Waals surface area contributed by atoms with Crippen LogP contribution in [0.3, 0.4) is 0 Å². The minimum absolute atomic E-state index is 0.191. The maximum absolute atomic E-state index is 13.0. The van der Waals surface area contributed by atoms with E-state index in [1.807, 2.05) is 0 Å². The standard InChI is InChI=1S/C22H20ClNO4/c1-13-6-11-16-17(12-13)21(26)24(20(16)25)18-4-2-3-5-19(18)28-22(27)14-7-9-15(23)10-8-14/h2-5,7-10,13,16-17H,6,11-12H2,1H3/t13-,16-,17-/m1/s1. The van der Waals surface area contributed by atoms with Crippen molar-refractivity contribution in [3.05, 3.63) is 59.1 Å². The maximum atomic E-state index is 13.0. The highest BCUT2D eigenvalue weighted by atomic mass is 35.5. The number of hydrogen-bond donors (Lipinski definition) is 0. The van der Waals surface area contributed by atoms with Crippen LogP contribution in [0.15, 0.2) is 48.5 Å². The summed E-state index contributed by atoms with van der Waals surface area (Å²) >= 11 is 5.86. The first kappa shape index (κ1) is 18.7. The monoisotopic (exact) mass is 397 g/mol. The first-order chi connectivity index (χ1) is 13.5. The normalized spacial score (nSPS) is 24.2. The number of carbonyl (C=O) groups is 3. The zero-order valence-electron chi connectivity index (χ0n) is 15.4. The van der Waals surface area contributed by atoms with Crippen molar-refractivity contribution in [2.24, 2.45) is 17.8 Å². The van der Waals surface area contributed by atoms with Crippen LogP contribution in [0, 0.1) is 17.8 Å². The number of carbonyl (C=O) groups excluding carboxylic acids is 3. The summed E-state index contributed by atoms with van der Waals surface area (Å²) in [5.41, 5.74) is 0.655. The number of hydrogen-bond acceptors (Lipinski definition) is 4. The van der Waals surface area contributed by atoms with Crippen molar-refractivity contribution in [2.75, 3.05) is 4.90 Å². The molecule has 6 heteroatoms. The lowest BCUT2D eigenvalue weighted by atomic mass is 9.76. The lowest BCUT2D eigenvalue weighted by Gasteiger charge is -2.25. The predicted octanol–water partition coefficient (Wildman–Crippen LogP) is 4.48. The number of imide groups is 1. The first-order valence-electron chi connectivity index (χ1n) is 9.40. The average molecular weight is 398 g/mol. The quantitative estimate of drug-likeness (QED) is 0.435. The van der Waals surface area contributed by atoms with E-state index in [0.29, 0.717) is 22.2 Å². The van der Waals surface area contributed by atoms with Gasteiger partial charge in [0.2, 0.25) is 11.8 Å². The number of amides is 2. The van der Waals surface area contributed by atoms with Gasteiger partial charge in [-0.15, -0.1) is 0 Å². The summed E-state index contributed by atoms with van der Waals surface area (Å²) in [6.07, 6.45) is 2.39. The van der Waals surface area contributed by atoms with Crippen molar-refractivity contribution in [1.29, 1.82) is 0 Å². The minimum atomic E-state index is -0.575. The smallest absolute Gasteiger partial charge is 0.343 e. The van der Waals surface area contributed by atoms with Gasteiger partial charge in [-0.2, -0.15) is 0 Å². The molecule has 4 rings (SSSR count). The molecule has 1 heterocycles. The van der Waals surface area contributed by atoms with Gasteiger partial charge in [0, 0.05) is 5.02 Å². The molecular formula is C22H20ClNO4. The predicted molar refractivity (Wildman–Crippen MR) is 105 cm³/mol. The Bertz CT molecular complexity index is 940. The Balaban J connectivity index is 1.63. The van der Waals surface area contributed by atoms with Gasteiger partial charge < -0.3 is 4.74 Å². The lowest BCUT2D eigenvalue weighted by molar-refractivity contribution is -0.122. The molecule has 0 N–H and O–H groups in total. The van der Waals surface area contributed by atoms with Crippen LogP contribution in [-0.2, 0) is 9.59 Å². The van der Waals surface area contributed by atoms with E-state index in [1.54, 1.807) is 48.5 Å². The van der Waals surface area contributed by atoms with E-state index in [4.69, 9.17) is 16.3 Å². The van der Waals surface area contributed by atoms with E-state index >= 15 is 0 Å². The van der Waals surface area contributed by atoms with Crippen LogP contribution in [0.5, 0.6) is 5.75 Å². The van der Waals surface area contributed by atoms with Gasteiger partial charge in [-0.1, -0.05) is 30.7 Å². The van der Waals surface area contributed by atoms with Gasteiger partial charge in [0.05, 0.1) is 23.1 Å². The van der Waals surface area contributed by atoms with E-state index in [0.717, 1.165) is 19.3 Å². The zero-order valence-corrected chi connectivity index (χ0v) is 16.2. The Morgan fingerprint density at radius 3 is 2.43 bits per heavy atom. The van der Waals surface area contributed by atoms with Gasteiger partial charge in [0.1, 0.15) is 0 Å². The Labute approximate surface area is 168 Å². The van der Waals surface area contributed by atoms with Crippen molar-refractivity contribution in [3.63, 3.8) is 0 Å². The number of nitrogens with zero attached hydrogens (tertiary/aromatic N) is 1. The van der Waals surface area contributed by atoms with Gasteiger partial charge in [-0.25, -0.2) is 9.69 Å². The van der Waals surface area contributed by atoms with Crippen LogP contribution in [0.2, 0.25) is 5.02 Å². The van der Waals surface area contributed by atoms with Crippen LogP contribution < -0.4 is 9.64 Å². The van der Waals surface area contributed by atoms with Crippen LogP contribution >= 0.6 is 11.6 Å². The van der Waals surface area contributed by atoms with E-state index < -0.39 is 5.97 Å². The molecule has 0 aromatic heterocycles. The molecule has 28 heavy (non-hydrogen) atoms. The summed E-state index contributed by atoms with van der Waals surface area (Å²) in [6, 6.07) is 13.0. The summed E-state index contributed by atoms with van der Waals surface area (Å²) in [7, 11) is 0. The van der Waals surface area contributed by atoms with Crippen molar-refractivity contribution in [2.45, 2.75) is 26.2 Å². The molecular weight excluding hydrogens is 378 g/mol. The van der Waals surface area contributed by atoms with Crippen molar-refractivity contribution in [1.82, 2.24) is 0 Å². The van der Waals surface area contributed by atoms with Crippen LogP contribution in [-0.4, -0.2) is 17.8 Å². The second-order valence-electron chi connectivity index (χ2n) is 7.51. The third kappa shape index (κ3) is 3.31. The van der Waals surface area contributed by atoms with Gasteiger partial charge in [0.15, 0.2) is 5.75 Å².